The minimum absolute atomic E-state index is 0.0677. The van der Waals surface area contributed by atoms with E-state index >= 15 is 9.59 Å². The molecule has 1 saturated carbocycles. The number of rotatable bonds is 7. The van der Waals surface area contributed by atoms with Gasteiger partial charge in [0.05, 0.1) is 40.8 Å². The van der Waals surface area contributed by atoms with Crippen molar-refractivity contribution >= 4 is 79.5 Å². The molecule has 10 rings (SSSR count). The van der Waals surface area contributed by atoms with Gasteiger partial charge in [0.2, 0.25) is 23.6 Å². The normalized spacial score (nSPS) is 24.8. The standard InChI is InChI=1S/C47H40ClN5O6S/c1-24-32-21-26(48)11-19-38(32)60-42(24)35-23-39(51(3)50-35)53-44(56)34-22-33-30(41(47(34,2)46(53)58)25-10-18-36(54)37(20-25)59-4)16-17-31-40(33)45(57)52(43(31)55)29-14-12-28(13-15-29)49-27-8-6-5-7-9-27/h5-16,18-21,23,31,33-34,40-41,49,54H,17,22H2,1-4H3. The molecule has 2 aromatic heterocycles. The minimum Gasteiger partial charge on any atom is -0.504 e. The summed E-state index contributed by atoms with van der Waals surface area (Å²) < 4.78 is 8.15. The third-order valence-electron chi connectivity index (χ3n) is 13.2. The summed E-state index contributed by atoms with van der Waals surface area (Å²) in [5.41, 5.74) is 4.02. The second-order valence-corrected chi connectivity index (χ2v) is 17.8. The number of phenolic OH excluding ortho intramolecular Hbond substituents is 1. The predicted octanol–water partition coefficient (Wildman–Crippen LogP) is 9.16. The summed E-state index contributed by atoms with van der Waals surface area (Å²) in [6.07, 6.45) is 2.51. The maximum absolute atomic E-state index is 15.2. The van der Waals surface area contributed by atoms with Crippen LogP contribution in [-0.2, 0) is 26.2 Å². The molecule has 0 radical (unpaired) electrons. The van der Waals surface area contributed by atoms with Crippen LogP contribution in [0.25, 0.3) is 20.7 Å². The lowest BCUT2D eigenvalue weighted by Gasteiger charge is -2.49. The fourth-order valence-corrected chi connectivity index (χ4v) is 11.7. The van der Waals surface area contributed by atoms with E-state index in [0.717, 1.165) is 37.5 Å². The molecule has 0 bridgehead atoms. The fraction of sp³-hybridized carbons (Fsp3) is 0.255. The number of ether oxygens (including phenoxy) is 1. The number of para-hydroxylation sites is 1. The van der Waals surface area contributed by atoms with Gasteiger partial charge in [-0.3, -0.25) is 28.8 Å². The number of carbonyl (C=O) groups excluding carboxylic acids is 4. The molecule has 13 heteroatoms. The molecule has 3 fully saturated rings. The number of amides is 4. The fourth-order valence-electron chi connectivity index (χ4n) is 10.3. The Kier molecular flexibility index (Phi) is 8.82. The van der Waals surface area contributed by atoms with Crippen LogP contribution in [0.1, 0.15) is 36.8 Å². The number of phenols is 1. The molecule has 302 valence electrons. The number of thiophene rings is 1. The number of allylic oxidation sites excluding steroid dienone is 2. The lowest BCUT2D eigenvalue weighted by atomic mass is 9.51. The molecule has 4 aliphatic rings. The van der Waals surface area contributed by atoms with Crippen LogP contribution in [0.2, 0.25) is 5.02 Å². The van der Waals surface area contributed by atoms with Gasteiger partial charge in [-0.1, -0.05) is 47.5 Å². The summed E-state index contributed by atoms with van der Waals surface area (Å²) in [5.74, 6) is -4.29. The first kappa shape index (κ1) is 38.0. The number of aryl methyl sites for hydroxylation is 2. The maximum atomic E-state index is 15.2. The van der Waals surface area contributed by atoms with E-state index in [-0.39, 0.29) is 41.5 Å². The highest BCUT2D eigenvalue weighted by atomic mass is 35.5. The number of methoxy groups -OCH3 is 1. The van der Waals surface area contributed by atoms with Gasteiger partial charge in [0.1, 0.15) is 11.5 Å². The SMILES string of the molecule is COc1cc(C2C3=CCC4C(=O)N(c5ccc(Nc6ccccc6)cc5)C(=O)C4C3CC3C(=O)N(c4cc(-c5sc6ccc(Cl)cc6c5C)nn4C)C(=O)C32C)ccc1O. The van der Waals surface area contributed by atoms with Crippen LogP contribution in [0.4, 0.5) is 22.9 Å². The monoisotopic (exact) mass is 837 g/mol. The van der Waals surface area contributed by atoms with Crippen LogP contribution < -0.4 is 19.9 Å². The van der Waals surface area contributed by atoms with Gasteiger partial charge in [0.25, 0.3) is 0 Å². The van der Waals surface area contributed by atoms with Crippen LogP contribution in [0.5, 0.6) is 11.5 Å². The second-order valence-electron chi connectivity index (χ2n) is 16.4. The first-order valence-electron chi connectivity index (χ1n) is 19.9. The molecule has 6 aromatic rings. The summed E-state index contributed by atoms with van der Waals surface area (Å²) in [4.78, 5) is 62.6. The zero-order chi connectivity index (χ0) is 41.8. The van der Waals surface area contributed by atoms with Crippen molar-refractivity contribution in [1.29, 1.82) is 0 Å². The van der Waals surface area contributed by atoms with E-state index in [4.69, 9.17) is 21.4 Å². The highest BCUT2D eigenvalue weighted by molar-refractivity contribution is 7.22. The largest absolute Gasteiger partial charge is 0.504 e. The van der Waals surface area contributed by atoms with Crippen molar-refractivity contribution < 1.29 is 29.0 Å². The third kappa shape index (κ3) is 5.57. The highest BCUT2D eigenvalue weighted by Gasteiger charge is 2.68. The molecular formula is C47H40ClN5O6S. The Labute approximate surface area is 354 Å². The van der Waals surface area contributed by atoms with E-state index in [1.807, 2.05) is 80.6 Å². The molecule has 4 amide bonds. The summed E-state index contributed by atoms with van der Waals surface area (Å²) in [5, 5.41) is 20.5. The molecule has 11 nitrogen and oxygen atoms in total. The number of aromatic nitrogens is 2. The van der Waals surface area contributed by atoms with Gasteiger partial charge in [-0.2, -0.15) is 5.10 Å². The van der Waals surface area contributed by atoms with Gasteiger partial charge in [-0.15, -0.1) is 11.3 Å². The number of hydrogen-bond donors (Lipinski definition) is 2. The van der Waals surface area contributed by atoms with Gasteiger partial charge >= 0.3 is 0 Å². The van der Waals surface area contributed by atoms with E-state index < -0.39 is 35.0 Å². The Hall–Kier alpha value is -6.24. The van der Waals surface area contributed by atoms with Crippen LogP contribution >= 0.6 is 22.9 Å². The molecule has 2 N–H and O–H groups in total. The van der Waals surface area contributed by atoms with E-state index in [1.165, 1.54) is 23.0 Å². The zero-order valence-electron chi connectivity index (χ0n) is 33.2. The van der Waals surface area contributed by atoms with Crippen LogP contribution in [-0.4, -0.2) is 45.6 Å². The summed E-state index contributed by atoms with van der Waals surface area (Å²) >= 11 is 7.91. The van der Waals surface area contributed by atoms with Gasteiger partial charge < -0.3 is 15.2 Å². The number of benzene rings is 4. The average Bonchev–Trinajstić information content (AvgIpc) is 3.92. The van der Waals surface area contributed by atoms with Gasteiger partial charge in [0, 0.05) is 40.1 Å². The minimum atomic E-state index is -1.30. The predicted molar refractivity (Wildman–Crippen MR) is 232 cm³/mol. The van der Waals surface area contributed by atoms with Crippen LogP contribution in [0, 0.1) is 36.0 Å². The van der Waals surface area contributed by atoms with Gasteiger partial charge in [0.15, 0.2) is 11.5 Å². The van der Waals surface area contributed by atoms with Gasteiger partial charge in [-0.25, -0.2) is 4.90 Å². The molecule has 2 aliphatic heterocycles. The number of imide groups is 2. The number of aromatic hydroxyl groups is 1. The third-order valence-corrected chi connectivity index (χ3v) is 14.7. The summed E-state index contributed by atoms with van der Waals surface area (Å²) in [7, 11) is 3.18. The lowest BCUT2D eigenvalue weighted by Crippen LogP contribution is -2.48. The van der Waals surface area contributed by atoms with Crippen molar-refractivity contribution in [2.45, 2.75) is 32.6 Å². The van der Waals surface area contributed by atoms with Crippen LogP contribution in [0.15, 0.2) is 109 Å². The summed E-state index contributed by atoms with van der Waals surface area (Å²) in [6, 6.07) is 29.4. The smallest absolute Gasteiger partial charge is 0.242 e. The van der Waals surface area contributed by atoms with Crippen LogP contribution in [0.3, 0.4) is 0 Å². The molecule has 0 spiro atoms. The van der Waals surface area contributed by atoms with E-state index in [0.29, 0.717) is 34.2 Å². The lowest BCUT2D eigenvalue weighted by molar-refractivity contribution is -0.131. The Morgan fingerprint density at radius 3 is 2.38 bits per heavy atom. The molecule has 60 heavy (non-hydrogen) atoms. The average molecular weight is 838 g/mol. The summed E-state index contributed by atoms with van der Waals surface area (Å²) in [6.45, 7) is 3.84. The molecule has 4 heterocycles. The van der Waals surface area contributed by atoms with Crippen molar-refractivity contribution in [3.05, 3.63) is 125 Å². The Balaban J connectivity index is 1.03. The van der Waals surface area contributed by atoms with Crippen molar-refractivity contribution in [2.24, 2.45) is 36.1 Å². The quantitative estimate of drug-likeness (QED) is 0.120. The maximum Gasteiger partial charge on any atom is 0.242 e. The van der Waals surface area contributed by atoms with Crippen molar-refractivity contribution in [3.8, 4) is 22.1 Å². The number of anilines is 4. The molecule has 2 aliphatic carbocycles. The van der Waals surface area contributed by atoms with Crippen molar-refractivity contribution in [3.63, 3.8) is 0 Å². The highest BCUT2D eigenvalue weighted by Crippen LogP contribution is 2.64. The number of halogens is 1. The van der Waals surface area contributed by atoms with Gasteiger partial charge in [-0.05, 0) is 116 Å². The number of hydrogen-bond acceptors (Lipinski definition) is 9. The zero-order valence-corrected chi connectivity index (χ0v) is 34.8. The topological polar surface area (TPSA) is 134 Å². The van der Waals surface area contributed by atoms with E-state index in [2.05, 4.69) is 5.32 Å². The molecule has 2 saturated heterocycles. The van der Waals surface area contributed by atoms with Crippen molar-refractivity contribution in [1.82, 2.24) is 9.78 Å². The number of nitrogens with zero attached hydrogens (tertiary/aromatic N) is 4. The number of carbonyl (C=O) groups is 4. The number of fused-ring (bicyclic) bond motifs is 5. The van der Waals surface area contributed by atoms with Crippen molar-refractivity contribution in [2.75, 3.05) is 22.2 Å². The Morgan fingerprint density at radius 1 is 0.883 bits per heavy atom. The molecule has 6 unspecified atom stereocenters. The second kappa shape index (κ2) is 13.9. The van der Waals surface area contributed by atoms with E-state index in [1.54, 1.807) is 53.4 Å². The first-order valence-corrected chi connectivity index (χ1v) is 21.1. The molecule has 6 atom stereocenters. The Bertz CT molecular complexity index is 2830. The Morgan fingerprint density at radius 2 is 1.63 bits per heavy atom. The first-order chi connectivity index (χ1) is 28.9. The van der Waals surface area contributed by atoms with E-state index in [9.17, 15) is 14.7 Å². The number of nitrogens with one attached hydrogen (secondary N) is 1. The molecule has 4 aromatic carbocycles. The molecular weight excluding hydrogens is 798 g/mol.